The summed E-state index contributed by atoms with van der Waals surface area (Å²) >= 11 is 1.73. The number of nitrogens with zero attached hydrogens (tertiary/aromatic N) is 1. The minimum atomic E-state index is 0.116. The number of rotatable bonds is 5. The molecule has 0 saturated carbocycles. The van der Waals surface area contributed by atoms with Gasteiger partial charge in [0.05, 0.1) is 6.54 Å². The molecular weight excluding hydrogens is 208 g/mol. The minimum Gasteiger partial charge on any atom is -0.348 e. The van der Waals surface area contributed by atoms with E-state index >= 15 is 0 Å². The number of thiophene rings is 1. The standard InChI is InChI=1S/C11H18N2OS/c1-4-9(10-6-5-7-15-10)12-8-11(14)13(2)3/h5-7,9,12H,4,8H2,1-3H3. The van der Waals surface area contributed by atoms with Crippen LogP contribution in [0.15, 0.2) is 17.5 Å². The van der Waals surface area contributed by atoms with Crippen LogP contribution in [-0.2, 0) is 4.79 Å². The number of carbonyl (C=O) groups excluding carboxylic acids is 1. The smallest absolute Gasteiger partial charge is 0.236 e. The maximum absolute atomic E-state index is 11.4. The minimum absolute atomic E-state index is 0.116. The topological polar surface area (TPSA) is 32.3 Å². The summed E-state index contributed by atoms with van der Waals surface area (Å²) in [6.45, 7) is 2.53. The lowest BCUT2D eigenvalue weighted by atomic mass is 10.2. The highest BCUT2D eigenvalue weighted by atomic mass is 32.1. The molecule has 0 fully saturated rings. The van der Waals surface area contributed by atoms with Gasteiger partial charge in [-0.1, -0.05) is 13.0 Å². The largest absolute Gasteiger partial charge is 0.348 e. The monoisotopic (exact) mass is 226 g/mol. The molecule has 0 radical (unpaired) electrons. The second-order valence-electron chi connectivity index (χ2n) is 3.65. The summed E-state index contributed by atoms with van der Waals surface area (Å²) < 4.78 is 0. The number of nitrogens with one attached hydrogen (secondary N) is 1. The van der Waals surface area contributed by atoms with Crippen LogP contribution in [0.1, 0.15) is 24.3 Å². The van der Waals surface area contributed by atoms with Crippen LogP contribution in [0, 0.1) is 0 Å². The number of hydrogen-bond acceptors (Lipinski definition) is 3. The first kappa shape index (κ1) is 12.2. The maximum atomic E-state index is 11.4. The quantitative estimate of drug-likeness (QED) is 0.831. The molecule has 1 N–H and O–H groups in total. The molecule has 84 valence electrons. The Balaban J connectivity index is 2.45. The van der Waals surface area contributed by atoms with Gasteiger partial charge in [0, 0.05) is 25.0 Å². The second kappa shape index (κ2) is 5.88. The van der Waals surface area contributed by atoms with Gasteiger partial charge in [-0.2, -0.15) is 0 Å². The summed E-state index contributed by atoms with van der Waals surface area (Å²) in [4.78, 5) is 14.3. The van der Waals surface area contributed by atoms with Crippen LogP contribution in [-0.4, -0.2) is 31.4 Å². The Bertz CT molecular complexity index is 296. The zero-order chi connectivity index (χ0) is 11.3. The van der Waals surface area contributed by atoms with Gasteiger partial charge in [-0.25, -0.2) is 0 Å². The van der Waals surface area contributed by atoms with Crippen LogP contribution in [0.5, 0.6) is 0 Å². The van der Waals surface area contributed by atoms with Crippen molar-refractivity contribution in [1.29, 1.82) is 0 Å². The molecule has 1 amide bonds. The van der Waals surface area contributed by atoms with Gasteiger partial charge in [-0.3, -0.25) is 4.79 Å². The Labute approximate surface area is 95.1 Å². The first-order chi connectivity index (χ1) is 7.15. The maximum Gasteiger partial charge on any atom is 0.236 e. The van der Waals surface area contributed by atoms with E-state index in [-0.39, 0.29) is 5.91 Å². The predicted molar refractivity (Wildman–Crippen MR) is 64.0 cm³/mol. The predicted octanol–water partition coefficient (Wildman–Crippen LogP) is 1.88. The highest BCUT2D eigenvalue weighted by molar-refractivity contribution is 7.10. The summed E-state index contributed by atoms with van der Waals surface area (Å²) in [5.74, 6) is 0.116. The van der Waals surface area contributed by atoms with E-state index in [0.717, 1.165) is 6.42 Å². The molecule has 0 bridgehead atoms. The summed E-state index contributed by atoms with van der Waals surface area (Å²) in [6.07, 6.45) is 1.00. The SMILES string of the molecule is CCC(NCC(=O)N(C)C)c1cccs1. The Kier molecular flexibility index (Phi) is 4.78. The summed E-state index contributed by atoms with van der Waals surface area (Å²) in [5.41, 5.74) is 0. The molecule has 1 heterocycles. The molecule has 0 spiro atoms. The van der Waals surface area contributed by atoms with Crippen LogP contribution in [0.4, 0.5) is 0 Å². The Morgan fingerprint density at radius 3 is 2.80 bits per heavy atom. The molecule has 0 aromatic carbocycles. The molecule has 1 aromatic heterocycles. The second-order valence-corrected chi connectivity index (χ2v) is 4.62. The van der Waals surface area contributed by atoms with Crippen LogP contribution in [0.3, 0.4) is 0 Å². The third-order valence-corrected chi connectivity index (χ3v) is 3.28. The molecular formula is C11H18N2OS. The van der Waals surface area contributed by atoms with E-state index in [0.29, 0.717) is 12.6 Å². The van der Waals surface area contributed by atoms with Crippen LogP contribution < -0.4 is 5.32 Å². The molecule has 0 aliphatic rings. The van der Waals surface area contributed by atoms with Crippen molar-refractivity contribution in [2.75, 3.05) is 20.6 Å². The molecule has 1 unspecified atom stereocenters. The van der Waals surface area contributed by atoms with Gasteiger partial charge in [0.1, 0.15) is 0 Å². The van der Waals surface area contributed by atoms with E-state index in [1.54, 1.807) is 30.3 Å². The Hall–Kier alpha value is -0.870. The van der Waals surface area contributed by atoms with Crippen LogP contribution in [0.25, 0.3) is 0 Å². The average Bonchev–Trinajstić information content (AvgIpc) is 2.71. The number of hydrogen-bond donors (Lipinski definition) is 1. The highest BCUT2D eigenvalue weighted by Gasteiger charge is 2.11. The third kappa shape index (κ3) is 3.64. The van der Waals surface area contributed by atoms with Crippen molar-refractivity contribution >= 4 is 17.2 Å². The van der Waals surface area contributed by atoms with Crippen LogP contribution >= 0.6 is 11.3 Å². The zero-order valence-electron chi connectivity index (χ0n) is 9.49. The van der Waals surface area contributed by atoms with Gasteiger partial charge < -0.3 is 10.2 Å². The van der Waals surface area contributed by atoms with E-state index < -0.39 is 0 Å². The fraction of sp³-hybridized carbons (Fsp3) is 0.545. The lowest BCUT2D eigenvalue weighted by molar-refractivity contribution is -0.127. The van der Waals surface area contributed by atoms with Gasteiger partial charge in [0.2, 0.25) is 5.91 Å². The molecule has 1 atom stereocenters. The molecule has 1 aromatic rings. The molecule has 0 saturated heterocycles. The van der Waals surface area contributed by atoms with Crippen molar-refractivity contribution in [1.82, 2.24) is 10.2 Å². The van der Waals surface area contributed by atoms with Crippen molar-refractivity contribution in [3.05, 3.63) is 22.4 Å². The Morgan fingerprint density at radius 1 is 1.60 bits per heavy atom. The third-order valence-electron chi connectivity index (χ3n) is 2.29. The van der Waals surface area contributed by atoms with E-state index in [2.05, 4.69) is 23.7 Å². The first-order valence-corrected chi connectivity index (χ1v) is 6.00. The number of amides is 1. The fourth-order valence-corrected chi connectivity index (χ4v) is 2.19. The zero-order valence-corrected chi connectivity index (χ0v) is 10.3. The number of likely N-dealkylation sites (N-methyl/N-ethyl adjacent to an activating group) is 1. The summed E-state index contributed by atoms with van der Waals surface area (Å²) in [5, 5.41) is 5.34. The lowest BCUT2D eigenvalue weighted by Crippen LogP contribution is -2.34. The average molecular weight is 226 g/mol. The molecule has 1 rings (SSSR count). The van der Waals surface area contributed by atoms with E-state index in [4.69, 9.17) is 0 Å². The van der Waals surface area contributed by atoms with Gasteiger partial charge in [-0.15, -0.1) is 11.3 Å². The number of carbonyl (C=O) groups is 1. The van der Waals surface area contributed by atoms with Crippen LogP contribution in [0.2, 0.25) is 0 Å². The molecule has 0 aliphatic carbocycles. The molecule has 15 heavy (non-hydrogen) atoms. The van der Waals surface area contributed by atoms with Crippen molar-refractivity contribution in [3.8, 4) is 0 Å². The molecule has 0 aliphatic heterocycles. The van der Waals surface area contributed by atoms with E-state index in [1.165, 1.54) is 4.88 Å². The molecule has 3 nitrogen and oxygen atoms in total. The normalized spacial score (nSPS) is 12.5. The highest BCUT2D eigenvalue weighted by Crippen LogP contribution is 2.21. The van der Waals surface area contributed by atoms with Gasteiger partial charge in [0.15, 0.2) is 0 Å². The van der Waals surface area contributed by atoms with Crippen molar-refractivity contribution in [3.63, 3.8) is 0 Å². The van der Waals surface area contributed by atoms with Gasteiger partial charge in [0.25, 0.3) is 0 Å². The van der Waals surface area contributed by atoms with Crippen molar-refractivity contribution in [2.24, 2.45) is 0 Å². The van der Waals surface area contributed by atoms with Crippen molar-refractivity contribution < 1.29 is 4.79 Å². The lowest BCUT2D eigenvalue weighted by Gasteiger charge is -2.17. The van der Waals surface area contributed by atoms with Gasteiger partial charge in [-0.05, 0) is 17.9 Å². The van der Waals surface area contributed by atoms with Gasteiger partial charge >= 0.3 is 0 Å². The molecule has 4 heteroatoms. The summed E-state index contributed by atoms with van der Waals surface area (Å²) in [7, 11) is 3.55. The van der Waals surface area contributed by atoms with E-state index in [1.807, 2.05) is 6.07 Å². The van der Waals surface area contributed by atoms with E-state index in [9.17, 15) is 4.79 Å². The fourth-order valence-electron chi connectivity index (χ4n) is 1.30. The van der Waals surface area contributed by atoms with Crippen molar-refractivity contribution in [2.45, 2.75) is 19.4 Å². The summed E-state index contributed by atoms with van der Waals surface area (Å²) in [6, 6.07) is 4.44. The Morgan fingerprint density at radius 2 is 2.33 bits per heavy atom. The first-order valence-electron chi connectivity index (χ1n) is 5.12.